The molecule has 0 bridgehead atoms. The van der Waals surface area contributed by atoms with Crippen LogP contribution in [0.1, 0.15) is 38.5 Å². The summed E-state index contributed by atoms with van der Waals surface area (Å²) in [6.07, 6.45) is 8.80. The summed E-state index contributed by atoms with van der Waals surface area (Å²) in [6.45, 7) is 1.80. The van der Waals surface area contributed by atoms with Crippen LogP contribution in [0, 0.1) is 5.92 Å². The molecule has 0 amide bonds. The second-order valence-electron chi connectivity index (χ2n) is 4.44. The summed E-state index contributed by atoms with van der Waals surface area (Å²) in [5, 5.41) is 9.68. The Labute approximate surface area is 86.0 Å². The number of hydrogen-bond acceptors (Lipinski definition) is 2. The van der Waals surface area contributed by atoms with Crippen LogP contribution in [0.4, 0.5) is 0 Å². The van der Waals surface area contributed by atoms with Gasteiger partial charge in [0.05, 0.1) is 6.10 Å². The van der Waals surface area contributed by atoms with Crippen molar-refractivity contribution in [2.75, 3.05) is 13.2 Å². The van der Waals surface area contributed by atoms with Crippen molar-refractivity contribution >= 4 is 0 Å². The van der Waals surface area contributed by atoms with Crippen LogP contribution in [0.25, 0.3) is 0 Å². The summed E-state index contributed by atoms with van der Waals surface area (Å²) in [7, 11) is 0. The quantitative estimate of drug-likeness (QED) is 0.652. The molecule has 1 aliphatic heterocycles. The van der Waals surface area contributed by atoms with Crippen molar-refractivity contribution in [3.05, 3.63) is 11.6 Å². The Morgan fingerprint density at radius 1 is 1.14 bits per heavy atom. The minimum Gasteiger partial charge on any atom is -0.389 e. The minimum absolute atomic E-state index is 0.185. The van der Waals surface area contributed by atoms with Crippen LogP contribution in [0.3, 0.4) is 0 Å². The molecular formula is C12H20O2. The molecule has 1 saturated heterocycles. The van der Waals surface area contributed by atoms with Crippen LogP contribution in [0.2, 0.25) is 0 Å². The van der Waals surface area contributed by atoms with Crippen LogP contribution < -0.4 is 0 Å². The SMILES string of the molecule is OC1C=C(C2CCOCC2)CCCC1. The van der Waals surface area contributed by atoms with Crippen molar-refractivity contribution in [2.45, 2.75) is 44.6 Å². The second kappa shape index (κ2) is 4.94. The minimum atomic E-state index is -0.185. The van der Waals surface area contributed by atoms with Gasteiger partial charge in [-0.15, -0.1) is 0 Å². The summed E-state index contributed by atoms with van der Waals surface area (Å²) in [5.74, 6) is 0.691. The van der Waals surface area contributed by atoms with Crippen LogP contribution in [0.5, 0.6) is 0 Å². The van der Waals surface area contributed by atoms with E-state index >= 15 is 0 Å². The predicted octanol–water partition coefficient (Wildman–Crippen LogP) is 2.27. The maximum Gasteiger partial charge on any atom is 0.0723 e. The molecular weight excluding hydrogens is 176 g/mol. The van der Waals surface area contributed by atoms with E-state index in [1.165, 1.54) is 24.8 Å². The van der Waals surface area contributed by atoms with Crippen LogP contribution in [0.15, 0.2) is 11.6 Å². The van der Waals surface area contributed by atoms with Crippen molar-refractivity contribution in [2.24, 2.45) is 5.92 Å². The highest BCUT2D eigenvalue weighted by Gasteiger charge is 2.20. The van der Waals surface area contributed by atoms with Crippen LogP contribution in [-0.2, 0) is 4.74 Å². The molecule has 1 fully saturated rings. The maximum atomic E-state index is 9.68. The Bertz CT molecular complexity index is 204. The third-order valence-electron chi connectivity index (χ3n) is 3.37. The molecule has 14 heavy (non-hydrogen) atoms. The van der Waals surface area contributed by atoms with Gasteiger partial charge in [0.2, 0.25) is 0 Å². The lowest BCUT2D eigenvalue weighted by molar-refractivity contribution is 0.0746. The van der Waals surface area contributed by atoms with E-state index in [4.69, 9.17) is 4.74 Å². The maximum absolute atomic E-state index is 9.68. The summed E-state index contributed by atoms with van der Waals surface area (Å²) in [6, 6.07) is 0. The molecule has 1 aliphatic carbocycles. The first-order valence-corrected chi connectivity index (χ1v) is 5.82. The zero-order chi connectivity index (χ0) is 9.80. The van der Waals surface area contributed by atoms with Gasteiger partial charge in [0.25, 0.3) is 0 Å². The van der Waals surface area contributed by atoms with E-state index in [0.717, 1.165) is 32.5 Å². The van der Waals surface area contributed by atoms with Crippen LogP contribution in [-0.4, -0.2) is 24.4 Å². The van der Waals surface area contributed by atoms with Crippen molar-refractivity contribution in [3.8, 4) is 0 Å². The Kier molecular flexibility index (Phi) is 3.60. The molecule has 2 heteroatoms. The molecule has 1 N–H and O–H groups in total. The molecule has 2 rings (SSSR count). The van der Waals surface area contributed by atoms with Gasteiger partial charge in [-0.1, -0.05) is 18.1 Å². The van der Waals surface area contributed by atoms with Crippen molar-refractivity contribution in [1.29, 1.82) is 0 Å². The Balaban J connectivity index is 1.98. The van der Waals surface area contributed by atoms with E-state index in [0.29, 0.717) is 5.92 Å². The molecule has 2 nitrogen and oxygen atoms in total. The van der Waals surface area contributed by atoms with Gasteiger partial charge in [0.1, 0.15) is 0 Å². The smallest absolute Gasteiger partial charge is 0.0723 e. The Morgan fingerprint density at radius 2 is 1.93 bits per heavy atom. The summed E-state index contributed by atoms with van der Waals surface area (Å²) < 4.78 is 5.36. The first-order valence-electron chi connectivity index (χ1n) is 5.82. The normalized spacial score (nSPS) is 30.9. The van der Waals surface area contributed by atoms with Gasteiger partial charge in [0, 0.05) is 13.2 Å². The number of aliphatic hydroxyl groups is 1. The number of rotatable bonds is 1. The topological polar surface area (TPSA) is 29.5 Å². The predicted molar refractivity (Wildman–Crippen MR) is 56.1 cm³/mol. The summed E-state index contributed by atoms with van der Waals surface area (Å²) >= 11 is 0. The summed E-state index contributed by atoms with van der Waals surface area (Å²) in [4.78, 5) is 0. The van der Waals surface area contributed by atoms with Gasteiger partial charge in [-0.2, -0.15) is 0 Å². The van der Waals surface area contributed by atoms with Gasteiger partial charge < -0.3 is 9.84 Å². The fraction of sp³-hybridized carbons (Fsp3) is 0.833. The van der Waals surface area contributed by atoms with Crippen molar-refractivity contribution < 1.29 is 9.84 Å². The average Bonchev–Trinajstić information content (AvgIpc) is 2.44. The molecule has 0 radical (unpaired) electrons. The van der Waals surface area contributed by atoms with Crippen LogP contribution >= 0.6 is 0 Å². The van der Waals surface area contributed by atoms with E-state index in [1.807, 2.05) is 0 Å². The summed E-state index contributed by atoms with van der Waals surface area (Å²) in [5.41, 5.74) is 1.50. The molecule has 0 spiro atoms. The van der Waals surface area contributed by atoms with Gasteiger partial charge >= 0.3 is 0 Å². The Morgan fingerprint density at radius 3 is 2.71 bits per heavy atom. The second-order valence-corrected chi connectivity index (χ2v) is 4.44. The first-order chi connectivity index (χ1) is 6.86. The van der Waals surface area contributed by atoms with Gasteiger partial charge in [0.15, 0.2) is 0 Å². The fourth-order valence-electron chi connectivity index (χ4n) is 2.50. The number of ether oxygens (including phenoxy) is 1. The van der Waals surface area contributed by atoms with Crippen molar-refractivity contribution in [1.82, 2.24) is 0 Å². The zero-order valence-corrected chi connectivity index (χ0v) is 8.74. The monoisotopic (exact) mass is 196 g/mol. The first kappa shape index (κ1) is 10.2. The van der Waals surface area contributed by atoms with Crippen molar-refractivity contribution in [3.63, 3.8) is 0 Å². The highest BCUT2D eigenvalue weighted by Crippen LogP contribution is 2.30. The van der Waals surface area contributed by atoms with Gasteiger partial charge in [-0.05, 0) is 38.0 Å². The van der Waals surface area contributed by atoms with E-state index in [9.17, 15) is 5.11 Å². The number of hydrogen-bond donors (Lipinski definition) is 1. The molecule has 80 valence electrons. The molecule has 0 aromatic heterocycles. The Hall–Kier alpha value is -0.340. The largest absolute Gasteiger partial charge is 0.389 e. The fourth-order valence-corrected chi connectivity index (χ4v) is 2.50. The number of aliphatic hydroxyl groups excluding tert-OH is 1. The molecule has 2 aliphatic rings. The molecule has 1 heterocycles. The average molecular weight is 196 g/mol. The standard InChI is InChI=1S/C12H20O2/c13-12-4-2-1-3-11(9-12)10-5-7-14-8-6-10/h9-10,12-13H,1-8H2. The molecule has 0 aromatic rings. The highest BCUT2D eigenvalue weighted by atomic mass is 16.5. The number of allylic oxidation sites excluding steroid dienone is 1. The molecule has 0 saturated carbocycles. The lowest BCUT2D eigenvalue weighted by atomic mass is 9.88. The molecule has 0 aromatic carbocycles. The molecule has 1 unspecified atom stereocenters. The lowest BCUT2D eigenvalue weighted by Gasteiger charge is -2.24. The van der Waals surface area contributed by atoms with E-state index < -0.39 is 0 Å². The zero-order valence-electron chi connectivity index (χ0n) is 8.74. The molecule has 1 atom stereocenters. The lowest BCUT2D eigenvalue weighted by Crippen LogP contribution is -2.18. The highest BCUT2D eigenvalue weighted by molar-refractivity contribution is 5.11. The van der Waals surface area contributed by atoms with Gasteiger partial charge in [-0.3, -0.25) is 0 Å². The van der Waals surface area contributed by atoms with E-state index in [-0.39, 0.29) is 6.10 Å². The third-order valence-corrected chi connectivity index (χ3v) is 3.37. The van der Waals surface area contributed by atoms with E-state index in [1.54, 1.807) is 0 Å². The van der Waals surface area contributed by atoms with Gasteiger partial charge in [-0.25, -0.2) is 0 Å². The third kappa shape index (κ3) is 2.58. The van der Waals surface area contributed by atoms with E-state index in [2.05, 4.69) is 6.08 Å².